The van der Waals surface area contributed by atoms with Crippen molar-refractivity contribution in [2.45, 2.75) is 24.7 Å². The highest BCUT2D eigenvalue weighted by atomic mass is 32.2. The normalized spacial score (nSPS) is 15.9. The van der Waals surface area contributed by atoms with Crippen LogP contribution in [0.2, 0.25) is 0 Å². The molecule has 0 aliphatic carbocycles. The van der Waals surface area contributed by atoms with Crippen molar-refractivity contribution in [2.24, 2.45) is 5.92 Å². The monoisotopic (exact) mass is 448 g/mol. The van der Waals surface area contributed by atoms with E-state index in [0.29, 0.717) is 18.7 Å². The number of anilines is 1. The Hall–Kier alpha value is -2.56. The molecule has 0 spiro atoms. The second kappa shape index (κ2) is 8.29. The number of H-pyrrole nitrogens is 1. The van der Waals surface area contributed by atoms with Crippen LogP contribution in [0.25, 0.3) is 10.6 Å². The van der Waals surface area contributed by atoms with Crippen LogP contribution >= 0.6 is 11.3 Å². The van der Waals surface area contributed by atoms with Gasteiger partial charge in [-0.3, -0.25) is 9.89 Å². The summed E-state index contributed by atoms with van der Waals surface area (Å²) in [4.78, 5) is 14.9. The lowest BCUT2D eigenvalue weighted by Gasteiger charge is -2.30. The molecule has 1 fully saturated rings. The fourth-order valence-electron chi connectivity index (χ4n) is 3.43. The Morgan fingerprint density at radius 3 is 2.53 bits per heavy atom. The summed E-state index contributed by atoms with van der Waals surface area (Å²) in [6.07, 6.45) is 0.821. The van der Waals surface area contributed by atoms with Gasteiger partial charge >= 0.3 is 0 Å². The number of carbonyl (C=O) groups excluding carboxylic acids is 1. The Kier molecular flexibility index (Phi) is 5.72. The lowest BCUT2D eigenvalue weighted by Crippen LogP contribution is -2.41. The number of sulfonamides is 1. The molecule has 0 unspecified atom stereocenters. The van der Waals surface area contributed by atoms with Gasteiger partial charge < -0.3 is 5.32 Å². The second-order valence-electron chi connectivity index (χ2n) is 7.20. The van der Waals surface area contributed by atoms with Crippen molar-refractivity contribution in [1.82, 2.24) is 14.5 Å². The first-order valence-electron chi connectivity index (χ1n) is 9.52. The highest BCUT2D eigenvalue weighted by molar-refractivity contribution is 7.89. The number of nitrogens with zero attached hydrogens (tertiary/aromatic N) is 2. The molecule has 1 amide bonds. The molecular weight excluding hydrogens is 427 g/mol. The number of hydrogen-bond donors (Lipinski definition) is 2. The summed E-state index contributed by atoms with van der Waals surface area (Å²) in [7, 11) is -3.69. The minimum atomic E-state index is -3.69. The van der Waals surface area contributed by atoms with Gasteiger partial charge in [0.05, 0.1) is 15.5 Å². The maximum Gasteiger partial charge on any atom is 0.243 e. The molecule has 0 bridgehead atoms. The number of halogens is 1. The van der Waals surface area contributed by atoms with Crippen molar-refractivity contribution >= 4 is 33.1 Å². The number of amides is 1. The first-order chi connectivity index (χ1) is 14.3. The third-order valence-electron chi connectivity index (χ3n) is 5.11. The molecule has 3 aromatic rings. The number of rotatable bonds is 5. The topological polar surface area (TPSA) is 95.2 Å². The van der Waals surface area contributed by atoms with E-state index in [1.54, 1.807) is 17.4 Å². The van der Waals surface area contributed by atoms with Gasteiger partial charge in [0.15, 0.2) is 5.82 Å². The van der Waals surface area contributed by atoms with Crippen molar-refractivity contribution in [3.05, 3.63) is 53.2 Å². The van der Waals surface area contributed by atoms with Crippen LogP contribution in [-0.2, 0) is 14.8 Å². The van der Waals surface area contributed by atoms with E-state index in [-0.39, 0.29) is 29.8 Å². The Bertz CT molecular complexity index is 1150. The summed E-state index contributed by atoms with van der Waals surface area (Å²) in [6, 6.07) is 10.6. The van der Waals surface area contributed by atoms with Gasteiger partial charge in [-0.25, -0.2) is 12.8 Å². The molecule has 2 aromatic heterocycles. The third kappa shape index (κ3) is 4.30. The first kappa shape index (κ1) is 20.7. The van der Waals surface area contributed by atoms with Crippen molar-refractivity contribution in [2.75, 3.05) is 18.4 Å². The molecule has 1 aromatic carbocycles. The van der Waals surface area contributed by atoms with Gasteiger partial charge in [0.1, 0.15) is 5.82 Å². The fourth-order valence-corrected chi connectivity index (χ4v) is 5.74. The summed E-state index contributed by atoms with van der Waals surface area (Å²) < 4.78 is 39.8. The molecule has 10 heteroatoms. The molecule has 1 aliphatic rings. The Balaban J connectivity index is 1.35. The standard InChI is InChI=1S/C20H21FN4O3S2/c1-13-2-7-18(29-13)17-12-19(24-23-17)22-20(26)14-8-10-25(11-9-14)30(27,28)16-5-3-15(21)4-6-16/h2-7,12,14H,8-11H2,1H3,(H2,22,23,24,26). The first-order valence-corrected chi connectivity index (χ1v) is 11.8. The van der Waals surface area contributed by atoms with Gasteiger partial charge in [-0.2, -0.15) is 9.40 Å². The zero-order valence-corrected chi connectivity index (χ0v) is 17.9. The second-order valence-corrected chi connectivity index (χ2v) is 10.4. The molecule has 0 saturated carbocycles. The summed E-state index contributed by atoms with van der Waals surface area (Å²) in [5.74, 6) is -0.509. The molecule has 0 radical (unpaired) electrons. The van der Waals surface area contributed by atoms with Crippen LogP contribution in [0.4, 0.5) is 10.2 Å². The lowest BCUT2D eigenvalue weighted by molar-refractivity contribution is -0.120. The van der Waals surface area contributed by atoms with E-state index >= 15 is 0 Å². The zero-order chi connectivity index (χ0) is 21.3. The Morgan fingerprint density at radius 1 is 1.20 bits per heavy atom. The zero-order valence-electron chi connectivity index (χ0n) is 16.3. The molecule has 7 nitrogen and oxygen atoms in total. The minimum Gasteiger partial charge on any atom is -0.309 e. The van der Waals surface area contributed by atoms with Gasteiger partial charge in [-0.05, 0) is 56.2 Å². The Labute approximate surface area is 178 Å². The van der Waals surface area contributed by atoms with E-state index < -0.39 is 15.8 Å². The van der Waals surface area contributed by atoms with Crippen molar-refractivity contribution in [3.63, 3.8) is 0 Å². The van der Waals surface area contributed by atoms with Crippen LogP contribution in [0.1, 0.15) is 17.7 Å². The van der Waals surface area contributed by atoms with E-state index in [2.05, 4.69) is 15.5 Å². The number of hydrogen-bond acceptors (Lipinski definition) is 5. The summed E-state index contributed by atoms with van der Waals surface area (Å²) in [5.41, 5.74) is 0.837. The molecule has 0 atom stereocenters. The van der Waals surface area contributed by atoms with Crippen LogP contribution < -0.4 is 5.32 Å². The van der Waals surface area contributed by atoms with Crippen molar-refractivity contribution < 1.29 is 17.6 Å². The number of aryl methyl sites for hydroxylation is 1. The number of carbonyl (C=O) groups is 1. The maximum absolute atomic E-state index is 13.1. The number of aromatic nitrogens is 2. The fraction of sp³-hybridized carbons (Fsp3) is 0.300. The van der Waals surface area contributed by atoms with Crippen LogP contribution in [0.5, 0.6) is 0 Å². The highest BCUT2D eigenvalue weighted by Gasteiger charge is 2.32. The van der Waals surface area contributed by atoms with Gasteiger partial charge in [0, 0.05) is 30.0 Å². The molecule has 2 N–H and O–H groups in total. The SMILES string of the molecule is Cc1ccc(-c2cc(NC(=O)C3CCN(S(=O)(=O)c4ccc(F)cc4)CC3)n[nH]2)s1. The van der Waals surface area contributed by atoms with Crippen LogP contribution in [0.3, 0.4) is 0 Å². The lowest BCUT2D eigenvalue weighted by atomic mass is 9.97. The number of piperidine rings is 1. The minimum absolute atomic E-state index is 0.0552. The molecular formula is C20H21FN4O3S2. The molecule has 1 saturated heterocycles. The number of aromatic amines is 1. The summed E-state index contributed by atoms with van der Waals surface area (Å²) in [5, 5.41) is 9.89. The van der Waals surface area contributed by atoms with Gasteiger partial charge in [0.2, 0.25) is 15.9 Å². The molecule has 158 valence electrons. The average molecular weight is 449 g/mol. The number of benzene rings is 1. The third-order valence-corrected chi connectivity index (χ3v) is 8.06. The van der Waals surface area contributed by atoms with E-state index in [0.717, 1.165) is 22.7 Å². The highest BCUT2D eigenvalue weighted by Crippen LogP contribution is 2.28. The van der Waals surface area contributed by atoms with Crippen LogP contribution in [0, 0.1) is 18.7 Å². The molecule has 1 aliphatic heterocycles. The smallest absolute Gasteiger partial charge is 0.243 e. The molecule has 3 heterocycles. The van der Waals surface area contributed by atoms with Gasteiger partial charge in [-0.1, -0.05) is 0 Å². The summed E-state index contributed by atoms with van der Waals surface area (Å²) in [6.45, 7) is 2.49. The van der Waals surface area contributed by atoms with E-state index in [4.69, 9.17) is 0 Å². The summed E-state index contributed by atoms with van der Waals surface area (Å²) >= 11 is 1.64. The quantitative estimate of drug-likeness (QED) is 0.623. The molecule has 30 heavy (non-hydrogen) atoms. The van der Waals surface area contributed by atoms with Crippen molar-refractivity contribution in [1.29, 1.82) is 0 Å². The van der Waals surface area contributed by atoms with Crippen LogP contribution in [-0.4, -0.2) is 41.9 Å². The van der Waals surface area contributed by atoms with E-state index in [1.807, 2.05) is 19.1 Å². The van der Waals surface area contributed by atoms with Gasteiger partial charge in [0.25, 0.3) is 0 Å². The molecule has 4 rings (SSSR count). The van der Waals surface area contributed by atoms with E-state index in [1.165, 1.54) is 21.3 Å². The predicted octanol–water partition coefficient (Wildman–Crippen LogP) is 3.63. The van der Waals surface area contributed by atoms with Crippen molar-refractivity contribution in [3.8, 4) is 10.6 Å². The number of nitrogens with one attached hydrogen (secondary N) is 2. The largest absolute Gasteiger partial charge is 0.309 e. The maximum atomic E-state index is 13.1. The predicted molar refractivity (Wildman–Crippen MR) is 113 cm³/mol. The van der Waals surface area contributed by atoms with Crippen LogP contribution in [0.15, 0.2) is 47.4 Å². The number of thiophene rings is 1. The van der Waals surface area contributed by atoms with Gasteiger partial charge in [-0.15, -0.1) is 11.3 Å². The average Bonchev–Trinajstić information content (AvgIpc) is 3.37. The Morgan fingerprint density at radius 2 is 1.90 bits per heavy atom. The van der Waals surface area contributed by atoms with E-state index in [9.17, 15) is 17.6 Å².